The molecule has 2 atom stereocenters. The Hall–Kier alpha value is -1.02. The van der Waals surface area contributed by atoms with Crippen LogP contribution in [-0.2, 0) is 0 Å². The molecule has 2 heteroatoms. The molecule has 0 bridgehead atoms. The normalized spacial score (nSPS) is 27.7. The number of hydrogen-bond donors (Lipinski definition) is 1. The summed E-state index contributed by atoms with van der Waals surface area (Å²) in [6, 6.07) is 9.47. The molecule has 2 aliphatic rings. The third-order valence-corrected chi connectivity index (χ3v) is 4.10. The van der Waals surface area contributed by atoms with Crippen molar-refractivity contribution in [3.63, 3.8) is 0 Å². The van der Waals surface area contributed by atoms with Crippen LogP contribution < -0.4 is 4.90 Å². The molecule has 1 aromatic rings. The Labute approximate surface area is 96.9 Å². The highest BCUT2D eigenvalue weighted by atomic mass is 16.3. The molecule has 16 heavy (non-hydrogen) atoms. The lowest BCUT2D eigenvalue weighted by atomic mass is 9.84. The Morgan fingerprint density at radius 3 is 3.06 bits per heavy atom. The third-order valence-electron chi connectivity index (χ3n) is 4.10. The van der Waals surface area contributed by atoms with Crippen molar-refractivity contribution in [3.8, 4) is 0 Å². The molecular formula is C14H19NO. The molecule has 0 radical (unpaired) electrons. The van der Waals surface area contributed by atoms with E-state index in [1.54, 1.807) is 0 Å². The number of benzene rings is 1. The van der Waals surface area contributed by atoms with Gasteiger partial charge in [0.25, 0.3) is 0 Å². The van der Waals surface area contributed by atoms with Gasteiger partial charge in [0.1, 0.15) is 0 Å². The first kappa shape index (κ1) is 10.2. The molecule has 0 spiro atoms. The topological polar surface area (TPSA) is 23.5 Å². The van der Waals surface area contributed by atoms with E-state index in [1.807, 2.05) is 0 Å². The first-order valence-corrected chi connectivity index (χ1v) is 6.36. The Morgan fingerprint density at radius 2 is 2.19 bits per heavy atom. The monoisotopic (exact) mass is 217 g/mol. The largest absolute Gasteiger partial charge is 0.396 e. The van der Waals surface area contributed by atoms with Gasteiger partial charge in [0.2, 0.25) is 0 Å². The minimum absolute atomic E-state index is 0.311. The van der Waals surface area contributed by atoms with Crippen molar-refractivity contribution in [2.24, 2.45) is 0 Å². The highest BCUT2D eigenvalue weighted by Gasteiger charge is 2.34. The highest BCUT2D eigenvalue weighted by Crippen LogP contribution is 2.43. The zero-order chi connectivity index (χ0) is 11.0. The van der Waals surface area contributed by atoms with Crippen molar-refractivity contribution in [3.05, 3.63) is 29.8 Å². The van der Waals surface area contributed by atoms with Crippen molar-refractivity contribution < 1.29 is 5.11 Å². The van der Waals surface area contributed by atoms with Crippen molar-refractivity contribution in [2.45, 2.75) is 37.6 Å². The van der Waals surface area contributed by atoms with Crippen molar-refractivity contribution in [2.75, 3.05) is 18.1 Å². The number of fused-ring (bicyclic) bond motifs is 3. The summed E-state index contributed by atoms with van der Waals surface area (Å²) in [6.07, 6.45) is 4.81. The van der Waals surface area contributed by atoms with Crippen LogP contribution in [0.2, 0.25) is 0 Å². The van der Waals surface area contributed by atoms with Gasteiger partial charge in [-0.1, -0.05) is 18.2 Å². The molecule has 86 valence electrons. The van der Waals surface area contributed by atoms with Crippen LogP contribution in [0.15, 0.2) is 24.3 Å². The van der Waals surface area contributed by atoms with Crippen LogP contribution in [0.1, 0.15) is 37.2 Å². The first-order valence-electron chi connectivity index (χ1n) is 6.36. The average Bonchev–Trinajstić information content (AvgIpc) is 2.78. The summed E-state index contributed by atoms with van der Waals surface area (Å²) < 4.78 is 0. The van der Waals surface area contributed by atoms with Gasteiger partial charge in [0, 0.05) is 24.9 Å². The number of hydrogen-bond acceptors (Lipinski definition) is 2. The van der Waals surface area contributed by atoms with Gasteiger partial charge in [-0.3, -0.25) is 0 Å². The zero-order valence-electron chi connectivity index (χ0n) is 9.60. The van der Waals surface area contributed by atoms with Crippen molar-refractivity contribution in [1.82, 2.24) is 0 Å². The van der Waals surface area contributed by atoms with Crippen LogP contribution in [0.4, 0.5) is 5.69 Å². The quantitative estimate of drug-likeness (QED) is 0.823. The summed E-state index contributed by atoms with van der Waals surface area (Å²) in [4.78, 5) is 2.57. The molecular weight excluding hydrogens is 198 g/mol. The predicted octanol–water partition coefficient (Wildman–Crippen LogP) is 2.53. The van der Waals surface area contributed by atoms with Crippen LogP contribution in [0.25, 0.3) is 0 Å². The summed E-state index contributed by atoms with van der Waals surface area (Å²) in [6.45, 7) is 1.53. The first-order chi connectivity index (χ1) is 7.90. The third kappa shape index (κ3) is 1.52. The highest BCUT2D eigenvalue weighted by molar-refractivity contribution is 5.59. The van der Waals surface area contributed by atoms with Crippen LogP contribution in [-0.4, -0.2) is 24.3 Å². The van der Waals surface area contributed by atoms with E-state index < -0.39 is 0 Å². The summed E-state index contributed by atoms with van der Waals surface area (Å²) in [5.41, 5.74) is 2.88. The van der Waals surface area contributed by atoms with Crippen LogP contribution >= 0.6 is 0 Å². The fourth-order valence-electron chi connectivity index (χ4n) is 3.38. The molecule has 0 aliphatic carbocycles. The van der Waals surface area contributed by atoms with E-state index >= 15 is 0 Å². The van der Waals surface area contributed by atoms with Gasteiger partial charge in [-0.15, -0.1) is 0 Å². The van der Waals surface area contributed by atoms with E-state index in [1.165, 1.54) is 37.1 Å². The summed E-state index contributed by atoms with van der Waals surface area (Å²) in [5.74, 6) is 0.570. The second kappa shape index (κ2) is 4.10. The summed E-state index contributed by atoms with van der Waals surface area (Å²) in [5, 5.41) is 9.17. The fraction of sp³-hybridized carbons (Fsp3) is 0.571. The van der Waals surface area contributed by atoms with Crippen LogP contribution in [0.5, 0.6) is 0 Å². The Balaban J connectivity index is 1.99. The lowest BCUT2D eigenvalue weighted by Crippen LogP contribution is -2.35. The van der Waals surface area contributed by atoms with Gasteiger partial charge in [-0.05, 0) is 43.2 Å². The van der Waals surface area contributed by atoms with Crippen molar-refractivity contribution in [1.29, 1.82) is 0 Å². The van der Waals surface area contributed by atoms with Crippen LogP contribution in [0.3, 0.4) is 0 Å². The maximum absolute atomic E-state index is 9.17. The number of aliphatic hydroxyl groups excluding tert-OH is 1. The Kier molecular flexibility index (Phi) is 2.60. The lowest BCUT2D eigenvalue weighted by molar-refractivity contribution is 0.267. The molecule has 1 saturated heterocycles. The second-order valence-electron chi connectivity index (χ2n) is 4.99. The van der Waals surface area contributed by atoms with Crippen LogP contribution in [0, 0.1) is 0 Å². The molecule has 2 nitrogen and oxygen atoms in total. The van der Waals surface area contributed by atoms with Gasteiger partial charge in [0.15, 0.2) is 0 Å². The number of rotatable bonds is 2. The van der Waals surface area contributed by atoms with E-state index in [0.29, 0.717) is 12.5 Å². The lowest BCUT2D eigenvalue weighted by Gasteiger charge is -2.38. The standard InChI is InChI=1S/C14H19NO/c16-9-7-11-10-12-4-3-8-15(12)14-6-2-1-5-13(11)14/h1-2,5-6,11-12,16H,3-4,7-10H2. The fourth-order valence-corrected chi connectivity index (χ4v) is 3.38. The molecule has 0 aromatic heterocycles. The minimum Gasteiger partial charge on any atom is -0.396 e. The van der Waals surface area contributed by atoms with Gasteiger partial charge in [-0.2, -0.15) is 0 Å². The van der Waals surface area contributed by atoms with E-state index in [9.17, 15) is 5.11 Å². The van der Waals surface area contributed by atoms with Gasteiger partial charge < -0.3 is 10.0 Å². The zero-order valence-corrected chi connectivity index (χ0v) is 9.60. The van der Waals surface area contributed by atoms with E-state index in [4.69, 9.17) is 0 Å². The maximum Gasteiger partial charge on any atom is 0.0436 e. The molecule has 1 N–H and O–H groups in total. The van der Waals surface area contributed by atoms with E-state index in [0.717, 1.165) is 12.5 Å². The average molecular weight is 217 g/mol. The molecule has 1 aromatic carbocycles. The number of para-hydroxylation sites is 1. The smallest absolute Gasteiger partial charge is 0.0436 e. The Bertz CT molecular complexity index is 377. The molecule has 3 rings (SSSR count). The molecule has 2 heterocycles. The number of aliphatic hydroxyl groups is 1. The van der Waals surface area contributed by atoms with Gasteiger partial charge in [-0.25, -0.2) is 0 Å². The SMILES string of the molecule is OCCC1CC2CCCN2c2ccccc21. The summed E-state index contributed by atoms with van der Waals surface area (Å²) in [7, 11) is 0. The summed E-state index contributed by atoms with van der Waals surface area (Å²) >= 11 is 0. The van der Waals surface area contributed by atoms with Gasteiger partial charge >= 0.3 is 0 Å². The second-order valence-corrected chi connectivity index (χ2v) is 4.99. The molecule has 2 aliphatic heterocycles. The Morgan fingerprint density at radius 1 is 1.31 bits per heavy atom. The molecule has 0 saturated carbocycles. The molecule has 2 unspecified atom stereocenters. The number of anilines is 1. The maximum atomic E-state index is 9.17. The molecule has 1 fully saturated rings. The van der Waals surface area contributed by atoms with E-state index in [-0.39, 0.29) is 0 Å². The molecule has 0 amide bonds. The predicted molar refractivity (Wildman–Crippen MR) is 65.9 cm³/mol. The number of nitrogens with zero attached hydrogens (tertiary/aromatic N) is 1. The van der Waals surface area contributed by atoms with E-state index in [2.05, 4.69) is 29.2 Å². The minimum atomic E-state index is 0.311. The van der Waals surface area contributed by atoms with Crippen molar-refractivity contribution >= 4 is 5.69 Å². The van der Waals surface area contributed by atoms with Gasteiger partial charge in [0.05, 0.1) is 0 Å².